The third-order valence-electron chi connectivity index (χ3n) is 0.944. The van der Waals surface area contributed by atoms with E-state index in [0.717, 1.165) is 5.57 Å². The molecule has 0 amide bonds. The van der Waals surface area contributed by atoms with Gasteiger partial charge in [-0.3, -0.25) is 5.26 Å². The summed E-state index contributed by atoms with van der Waals surface area (Å²) < 4.78 is 0. The summed E-state index contributed by atoms with van der Waals surface area (Å²) in [4.78, 5) is 3.94. The van der Waals surface area contributed by atoms with Crippen molar-refractivity contribution in [3.8, 4) is 0 Å². The van der Waals surface area contributed by atoms with Gasteiger partial charge in [0.15, 0.2) is 0 Å². The molecule has 0 aromatic carbocycles. The van der Waals surface area contributed by atoms with Gasteiger partial charge < -0.3 is 0 Å². The van der Waals surface area contributed by atoms with Crippen molar-refractivity contribution in [2.75, 3.05) is 6.61 Å². The zero-order valence-electron chi connectivity index (χ0n) is 6.08. The highest BCUT2D eigenvalue weighted by Crippen LogP contribution is 1.96. The topological polar surface area (TPSA) is 29.5 Å². The third kappa shape index (κ3) is 4.06. The molecule has 0 aromatic rings. The molecular formula is C8H12O2. The molecule has 0 fully saturated rings. The first-order valence-corrected chi connectivity index (χ1v) is 3.05. The molecule has 1 N–H and O–H groups in total. The average Bonchev–Trinajstić information content (AvgIpc) is 1.90. The largest absolute Gasteiger partial charge is 0.251 e. The highest BCUT2D eigenvalue weighted by atomic mass is 17.1. The Morgan fingerprint density at radius 1 is 1.70 bits per heavy atom. The Balaban J connectivity index is 3.96. The minimum Gasteiger partial charge on any atom is -0.251 e. The van der Waals surface area contributed by atoms with Crippen LogP contribution in [0.4, 0.5) is 0 Å². The maximum atomic E-state index is 8.08. The minimum absolute atomic E-state index is 0.205. The Bertz CT molecular complexity index is 145. The average molecular weight is 140 g/mol. The Morgan fingerprint density at radius 2 is 2.40 bits per heavy atom. The SMILES string of the molecule is C=C/C=C(\C=C/C)COO. The van der Waals surface area contributed by atoms with Crippen LogP contribution in [0, 0.1) is 0 Å². The smallest absolute Gasteiger partial charge is 0.107 e. The van der Waals surface area contributed by atoms with Gasteiger partial charge >= 0.3 is 0 Å². The number of allylic oxidation sites excluding steroid dienone is 3. The van der Waals surface area contributed by atoms with Gasteiger partial charge in [0, 0.05) is 0 Å². The molecule has 0 aliphatic carbocycles. The van der Waals surface area contributed by atoms with Crippen LogP contribution in [0.1, 0.15) is 6.92 Å². The lowest BCUT2D eigenvalue weighted by Crippen LogP contribution is -1.90. The van der Waals surface area contributed by atoms with Gasteiger partial charge in [0.25, 0.3) is 0 Å². The van der Waals surface area contributed by atoms with Crippen LogP contribution in [0.2, 0.25) is 0 Å². The van der Waals surface area contributed by atoms with E-state index < -0.39 is 0 Å². The van der Waals surface area contributed by atoms with Crippen LogP contribution in [-0.4, -0.2) is 11.9 Å². The van der Waals surface area contributed by atoms with Crippen LogP contribution in [0.5, 0.6) is 0 Å². The Kier molecular flexibility index (Phi) is 5.72. The van der Waals surface area contributed by atoms with Gasteiger partial charge in [-0.1, -0.05) is 30.9 Å². The van der Waals surface area contributed by atoms with E-state index in [4.69, 9.17) is 5.26 Å². The monoisotopic (exact) mass is 140 g/mol. The van der Waals surface area contributed by atoms with Crippen molar-refractivity contribution >= 4 is 0 Å². The molecule has 0 aliphatic rings. The van der Waals surface area contributed by atoms with Crippen LogP contribution in [0.3, 0.4) is 0 Å². The van der Waals surface area contributed by atoms with Crippen molar-refractivity contribution in [1.29, 1.82) is 0 Å². The van der Waals surface area contributed by atoms with Crippen LogP contribution in [0.25, 0.3) is 0 Å². The van der Waals surface area contributed by atoms with Crippen LogP contribution in [0.15, 0.2) is 36.5 Å². The molecule has 0 unspecified atom stereocenters. The summed E-state index contributed by atoms with van der Waals surface area (Å²) in [7, 11) is 0. The second kappa shape index (κ2) is 6.26. The molecule has 0 atom stereocenters. The molecule has 2 nitrogen and oxygen atoms in total. The highest BCUT2D eigenvalue weighted by molar-refractivity contribution is 5.22. The predicted octanol–water partition coefficient (Wildman–Crippen LogP) is 2.16. The van der Waals surface area contributed by atoms with E-state index >= 15 is 0 Å². The van der Waals surface area contributed by atoms with Crippen molar-refractivity contribution in [2.24, 2.45) is 0 Å². The van der Waals surface area contributed by atoms with Crippen LogP contribution >= 0.6 is 0 Å². The predicted molar refractivity (Wildman–Crippen MR) is 41.7 cm³/mol. The summed E-state index contributed by atoms with van der Waals surface area (Å²) in [6.07, 6.45) is 7.14. The van der Waals surface area contributed by atoms with Crippen molar-refractivity contribution in [1.82, 2.24) is 0 Å². The fourth-order valence-electron chi connectivity index (χ4n) is 0.592. The minimum atomic E-state index is 0.205. The first-order chi connectivity index (χ1) is 4.85. The summed E-state index contributed by atoms with van der Waals surface area (Å²) in [5.41, 5.74) is 0.889. The third-order valence-corrected chi connectivity index (χ3v) is 0.944. The zero-order chi connectivity index (χ0) is 7.82. The molecule has 0 spiro atoms. The molecule has 56 valence electrons. The standard InChI is InChI=1S/C8H12O2/c1-3-5-8(6-4-2)7-10-9/h3-6,9H,1,7H2,2H3/b6-4-,8-5+. The summed E-state index contributed by atoms with van der Waals surface area (Å²) in [5.74, 6) is 0. The summed E-state index contributed by atoms with van der Waals surface area (Å²) >= 11 is 0. The summed E-state index contributed by atoms with van der Waals surface area (Å²) in [6.45, 7) is 5.62. The maximum Gasteiger partial charge on any atom is 0.107 e. The van der Waals surface area contributed by atoms with E-state index in [0.29, 0.717) is 0 Å². The molecule has 10 heavy (non-hydrogen) atoms. The van der Waals surface area contributed by atoms with E-state index in [1.807, 2.05) is 19.1 Å². The van der Waals surface area contributed by atoms with Crippen molar-refractivity contribution in [2.45, 2.75) is 6.92 Å². The van der Waals surface area contributed by atoms with Crippen molar-refractivity contribution in [3.63, 3.8) is 0 Å². The lowest BCUT2D eigenvalue weighted by Gasteiger charge is -1.94. The molecule has 0 bridgehead atoms. The van der Waals surface area contributed by atoms with Gasteiger partial charge in [-0.15, -0.1) is 0 Å². The number of rotatable bonds is 4. The lowest BCUT2D eigenvalue weighted by molar-refractivity contribution is -0.233. The zero-order valence-corrected chi connectivity index (χ0v) is 6.08. The van der Waals surface area contributed by atoms with Crippen LogP contribution < -0.4 is 0 Å². The molecule has 2 heteroatoms. The van der Waals surface area contributed by atoms with Gasteiger partial charge in [0.05, 0.1) is 0 Å². The van der Waals surface area contributed by atoms with E-state index in [-0.39, 0.29) is 6.61 Å². The fourth-order valence-corrected chi connectivity index (χ4v) is 0.592. The fraction of sp³-hybridized carbons (Fsp3) is 0.250. The number of hydrogen-bond acceptors (Lipinski definition) is 2. The molecule has 0 saturated carbocycles. The van der Waals surface area contributed by atoms with Gasteiger partial charge in [-0.25, -0.2) is 4.89 Å². The highest BCUT2D eigenvalue weighted by Gasteiger charge is 1.87. The quantitative estimate of drug-likeness (QED) is 0.368. The lowest BCUT2D eigenvalue weighted by atomic mass is 10.2. The first-order valence-electron chi connectivity index (χ1n) is 3.05. The van der Waals surface area contributed by atoms with Gasteiger partial charge in [0.1, 0.15) is 6.61 Å². The first kappa shape index (κ1) is 9.14. The second-order valence-electron chi connectivity index (χ2n) is 1.75. The van der Waals surface area contributed by atoms with E-state index in [9.17, 15) is 0 Å². The van der Waals surface area contributed by atoms with Gasteiger partial charge in [-0.2, -0.15) is 0 Å². The van der Waals surface area contributed by atoms with E-state index in [2.05, 4.69) is 11.5 Å². The molecule has 0 saturated heterocycles. The van der Waals surface area contributed by atoms with E-state index in [1.165, 1.54) is 0 Å². The second-order valence-corrected chi connectivity index (χ2v) is 1.75. The molecule has 0 aromatic heterocycles. The molecule has 0 rings (SSSR count). The van der Waals surface area contributed by atoms with Crippen LogP contribution in [-0.2, 0) is 4.89 Å². The normalized spacial score (nSPS) is 12.4. The Hall–Kier alpha value is -0.860. The molecule has 0 aliphatic heterocycles. The van der Waals surface area contributed by atoms with E-state index in [1.54, 1.807) is 12.2 Å². The Morgan fingerprint density at radius 3 is 2.80 bits per heavy atom. The maximum absolute atomic E-state index is 8.08. The summed E-state index contributed by atoms with van der Waals surface area (Å²) in [5, 5.41) is 8.08. The Labute approximate surface area is 61.1 Å². The van der Waals surface area contributed by atoms with Gasteiger partial charge in [-0.05, 0) is 12.5 Å². The summed E-state index contributed by atoms with van der Waals surface area (Å²) in [6, 6.07) is 0. The molecular weight excluding hydrogens is 128 g/mol. The number of hydrogen-bond donors (Lipinski definition) is 1. The molecule has 0 heterocycles. The van der Waals surface area contributed by atoms with Crippen molar-refractivity contribution < 1.29 is 10.1 Å². The van der Waals surface area contributed by atoms with Crippen molar-refractivity contribution in [3.05, 3.63) is 36.5 Å². The van der Waals surface area contributed by atoms with Gasteiger partial charge in [0.2, 0.25) is 0 Å². The molecule has 0 radical (unpaired) electrons.